The van der Waals surface area contributed by atoms with E-state index in [2.05, 4.69) is 51.0 Å². The van der Waals surface area contributed by atoms with Crippen LogP contribution in [0.3, 0.4) is 0 Å². The average molecular weight is 490 g/mol. The second kappa shape index (κ2) is 10.3. The third-order valence-electron chi connectivity index (χ3n) is 7.00. The summed E-state index contributed by atoms with van der Waals surface area (Å²) < 4.78 is 2.02. The molecule has 0 aliphatic heterocycles. The van der Waals surface area contributed by atoms with Crippen LogP contribution in [-0.2, 0) is 6.42 Å². The van der Waals surface area contributed by atoms with E-state index >= 15 is 0 Å². The lowest BCUT2D eigenvalue weighted by Crippen LogP contribution is -2.17. The summed E-state index contributed by atoms with van der Waals surface area (Å²) in [5, 5.41) is 19.3. The largest absolute Gasteiger partial charge is 0.285 e. The third-order valence-corrected chi connectivity index (χ3v) is 7.00. The summed E-state index contributed by atoms with van der Waals surface area (Å²) in [5.74, 6) is 1.55. The number of aromatic amines is 1. The topological polar surface area (TPSA) is 102 Å². The Morgan fingerprint density at radius 1 is 0.865 bits per heavy atom. The lowest BCUT2D eigenvalue weighted by Gasteiger charge is -2.23. The summed E-state index contributed by atoms with van der Waals surface area (Å²) in [6.45, 7) is 0. The van der Waals surface area contributed by atoms with Crippen molar-refractivity contribution < 1.29 is 4.79 Å². The van der Waals surface area contributed by atoms with Crippen LogP contribution in [0.1, 0.15) is 65.7 Å². The first-order valence-electron chi connectivity index (χ1n) is 12.7. The van der Waals surface area contributed by atoms with E-state index in [1.54, 1.807) is 0 Å². The Labute approximate surface area is 214 Å². The van der Waals surface area contributed by atoms with Crippen molar-refractivity contribution in [1.82, 2.24) is 35.4 Å². The van der Waals surface area contributed by atoms with Crippen LogP contribution in [0.4, 0.5) is 0 Å². The molecule has 1 aliphatic rings. The molecule has 6 rings (SSSR count). The summed E-state index contributed by atoms with van der Waals surface area (Å²) in [7, 11) is 0. The number of benzene rings is 3. The Morgan fingerprint density at radius 3 is 2.32 bits per heavy atom. The van der Waals surface area contributed by atoms with Crippen LogP contribution in [0.5, 0.6) is 0 Å². The lowest BCUT2D eigenvalue weighted by molar-refractivity contribution is 0.102. The molecule has 0 radical (unpaired) electrons. The van der Waals surface area contributed by atoms with Crippen molar-refractivity contribution in [3.63, 3.8) is 0 Å². The standard InChI is InChI=1S/C29H27N7O/c37-27(22-9-3-1-4-10-22)29-30-26(36(33-29)23-11-5-2-6-12-23)19-20-15-17-21(18-16-20)24-13-7-8-14-25(24)28-31-34-35-32-28/h1,3-4,7-10,13-18,23H,2,5-6,11-12,19H2,(H,31,32,34,35). The molecule has 5 aromatic rings. The van der Waals surface area contributed by atoms with Gasteiger partial charge in [0.1, 0.15) is 5.82 Å². The maximum absolute atomic E-state index is 13.1. The van der Waals surface area contributed by atoms with Crippen molar-refractivity contribution in [1.29, 1.82) is 0 Å². The van der Waals surface area contributed by atoms with Gasteiger partial charge in [-0.2, -0.15) is 5.21 Å². The number of ketones is 1. The molecule has 0 spiro atoms. The fourth-order valence-corrected chi connectivity index (χ4v) is 5.10. The summed E-state index contributed by atoms with van der Waals surface area (Å²) in [6.07, 6.45) is 6.37. The SMILES string of the molecule is O=C(c1ccccc1)c1nc(Cc2ccc(-c3ccccc3-c3nn[nH]n3)cc2)n(C2CCCCC2)n1. The van der Waals surface area contributed by atoms with Crippen LogP contribution in [0.25, 0.3) is 22.5 Å². The average Bonchev–Trinajstić information content (AvgIpc) is 3.65. The van der Waals surface area contributed by atoms with Gasteiger partial charge in [0.05, 0.1) is 6.04 Å². The first-order valence-corrected chi connectivity index (χ1v) is 12.7. The fourth-order valence-electron chi connectivity index (χ4n) is 5.10. The highest BCUT2D eigenvalue weighted by Crippen LogP contribution is 2.31. The molecule has 3 aromatic carbocycles. The Bertz CT molecular complexity index is 1490. The van der Waals surface area contributed by atoms with Crippen molar-refractivity contribution in [3.8, 4) is 22.5 Å². The van der Waals surface area contributed by atoms with Crippen molar-refractivity contribution in [3.05, 3.63) is 102 Å². The smallest absolute Gasteiger partial charge is 0.232 e. The molecule has 0 amide bonds. The predicted molar refractivity (Wildman–Crippen MR) is 140 cm³/mol. The monoisotopic (exact) mass is 489 g/mol. The quantitative estimate of drug-likeness (QED) is 0.305. The molecule has 0 bridgehead atoms. The minimum Gasteiger partial charge on any atom is -0.285 e. The molecular formula is C29H27N7O. The first-order chi connectivity index (χ1) is 18.3. The Morgan fingerprint density at radius 2 is 1.59 bits per heavy atom. The maximum Gasteiger partial charge on any atom is 0.232 e. The third kappa shape index (κ3) is 4.82. The van der Waals surface area contributed by atoms with Gasteiger partial charge in [0.25, 0.3) is 0 Å². The lowest BCUT2D eigenvalue weighted by atomic mass is 9.95. The van der Waals surface area contributed by atoms with E-state index in [1.807, 2.05) is 53.2 Å². The van der Waals surface area contributed by atoms with Gasteiger partial charge in [-0.15, -0.1) is 15.3 Å². The van der Waals surface area contributed by atoms with Crippen molar-refractivity contribution in [2.24, 2.45) is 0 Å². The van der Waals surface area contributed by atoms with Crippen LogP contribution < -0.4 is 0 Å². The van der Waals surface area contributed by atoms with Gasteiger partial charge in [0, 0.05) is 17.5 Å². The van der Waals surface area contributed by atoms with Crippen LogP contribution in [0.2, 0.25) is 0 Å². The van der Waals surface area contributed by atoms with Crippen LogP contribution in [0.15, 0.2) is 78.9 Å². The van der Waals surface area contributed by atoms with E-state index in [0.717, 1.165) is 40.9 Å². The van der Waals surface area contributed by atoms with Gasteiger partial charge >= 0.3 is 0 Å². The summed E-state index contributed by atoms with van der Waals surface area (Å²) in [6, 6.07) is 26.0. The zero-order valence-corrected chi connectivity index (χ0v) is 20.4. The maximum atomic E-state index is 13.1. The number of rotatable bonds is 7. The minimum atomic E-state index is -0.134. The number of hydrogen-bond acceptors (Lipinski definition) is 6. The second-order valence-corrected chi connectivity index (χ2v) is 9.44. The Hall–Kier alpha value is -4.46. The van der Waals surface area contributed by atoms with Crippen molar-refractivity contribution >= 4 is 5.78 Å². The Kier molecular flexibility index (Phi) is 6.37. The zero-order chi connectivity index (χ0) is 25.0. The van der Waals surface area contributed by atoms with Crippen LogP contribution in [-0.4, -0.2) is 41.2 Å². The van der Waals surface area contributed by atoms with Gasteiger partial charge in [-0.05, 0) is 34.7 Å². The number of tetrazole rings is 1. The Balaban J connectivity index is 1.30. The highest BCUT2D eigenvalue weighted by Gasteiger charge is 2.24. The molecule has 2 heterocycles. The minimum absolute atomic E-state index is 0.134. The molecule has 2 aromatic heterocycles. The molecule has 1 aliphatic carbocycles. The molecule has 1 saturated carbocycles. The van der Waals surface area contributed by atoms with Crippen molar-refractivity contribution in [2.45, 2.75) is 44.6 Å². The summed E-state index contributed by atoms with van der Waals surface area (Å²) >= 11 is 0. The molecule has 1 N–H and O–H groups in total. The van der Waals surface area contributed by atoms with Gasteiger partial charge in [0.15, 0.2) is 0 Å². The molecular weight excluding hydrogens is 462 g/mol. The van der Waals surface area contributed by atoms with E-state index in [0.29, 0.717) is 17.8 Å². The number of H-pyrrole nitrogens is 1. The molecule has 0 unspecified atom stereocenters. The van der Waals surface area contributed by atoms with Crippen LogP contribution >= 0.6 is 0 Å². The van der Waals surface area contributed by atoms with Gasteiger partial charge in [-0.25, -0.2) is 9.67 Å². The zero-order valence-electron chi connectivity index (χ0n) is 20.4. The highest BCUT2D eigenvalue weighted by molar-refractivity contribution is 6.06. The number of nitrogens with one attached hydrogen (secondary N) is 1. The molecule has 8 nitrogen and oxygen atoms in total. The van der Waals surface area contributed by atoms with Gasteiger partial charge in [0.2, 0.25) is 17.4 Å². The normalized spacial score (nSPS) is 14.1. The number of carbonyl (C=O) groups excluding carboxylic acids is 1. The molecule has 37 heavy (non-hydrogen) atoms. The predicted octanol–water partition coefficient (Wildman–Crippen LogP) is 5.45. The molecule has 1 fully saturated rings. The molecule has 184 valence electrons. The summed E-state index contributed by atoms with van der Waals surface area (Å²) in [5.41, 5.74) is 4.75. The van der Waals surface area contributed by atoms with Crippen molar-refractivity contribution in [2.75, 3.05) is 0 Å². The van der Waals surface area contributed by atoms with E-state index in [1.165, 1.54) is 19.3 Å². The van der Waals surface area contributed by atoms with Gasteiger partial charge in [-0.1, -0.05) is 98.1 Å². The number of nitrogens with zero attached hydrogens (tertiary/aromatic N) is 6. The van der Waals surface area contributed by atoms with Gasteiger partial charge < -0.3 is 0 Å². The second-order valence-electron chi connectivity index (χ2n) is 9.44. The van der Waals surface area contributed by atoms with Crippen LogP contribution in [0, 0.1) is 0 Å². The number of carbonyl (C=O) groups is 1. The van der Waals surface area contributed by atoms with E-state index < -0.39 is 0 Å². The summed E-state index contributed by atoms with van der Waals surface area (Å²) in [4.78, 5) is 17.9. The van der Waals surface area contributed by atoms with Gasteiger partial charge in [-0.3, -0.25) is 4.79 Å². The first kappa shape index (κ1) is 23.0. The van der Waals surface area contributed by atoms with E-state index in [-0.39, 0.29) is 17.6 Å². The fraction of sp³-hybridized carbons (Fsp3) is 0.241. The number of aromatic nitrogens is 7. The van der Waals surface area contributed by atoms with E-state index in [9.17, 15) is 4.79 Å². The molecule has 0 atom stereocenters. The number of hydrogen-bond donors (Lipinski definition) is 1. The highest BCUT2D eigenvalue weighted by atomic mass is 16.1. The van der Waals surface area contributed by atoms with E-state index in [4.69, 9.17) is 10.1 Å². The molecule has 0 saturated heterocycles. The molecule has 8 heteroatoms.